The summed E-state index contributed by atoms with van der Waals surface area (Å²) in [5, 5.41) is 8.21. The number of hydrogen-bond donors (Lipinski definition) is 1. The van der Waals surface area contributed by atoms with E-state index in [-0.39, 0.29) is 0 Å². The van der Waals surface area contributed by atoms with Crippen molar-refractivity contribution in [2.75, 3.05) is 6.61 Å². The van der Waals surface area contributed by atoms with Gasteiger partial charge in [0.15, 0.2) is 0 Å². The van der Waals surface area contributed by atoms with Crippen molar-refractivity contribution in [3.05, 3.63) is 59.7 Å². The summed E-state index contributed by atoms with van der Waals surface area (Å²) < 4.78 is 9.63. The third kappa shape index (κ3) is 2.57. The fourth-order valence-electron chi connectivity index (χ4n) is 2.50. The first-order valence-electron chi connectivity index (χ1n) is 7.05. The third-order valence-corrected chi connectivity index (χ3v) is 3.71. The van der Waals surface area contributed by atoms with Gasteiger partial charge in [-0.05, 0) is 31.2 Å². The molecule has 0 radical (unpaired) electrons. The highest BCUT2D eigenvalue weighted by atomic mass is 16.5. The van der Waals surface area contributed by atoms with Crippen LogP contribution in [0, 0.1) is 12.3 Å². The molecule has 0 aliphatic carbocycles. The molecule has 108 valence electrons. The molecule has 3 aromatic rings. The monoisotopic (exact) mass is 281 g/mol. The number of nitrogens with zero attached hydrogens (tertiary/aromatic N) is 2. The van der Waals surface area contributed by atoms with Gasteiger partial charge in [0.1, 0.15) is 12.4 Å². The smallest absolute Gasteiger partial charge is 0.202 e. The van der Waals surface area contributed by atoms with E-state index in [0.29, 0.717) is 18.8 Å². The summed E-state index contributed by atoms with van der Waals surface area (Å²) in [5.74, 6) is 0.868. The Morgan fingerprint density at radius 2 is 1.67 bits per heavy atom. The van der Waals surface area contributed by atoms with Gasteiger partial charge in [0.2, 0.25) is 5.62 Å². The van der Waals surface area contributed by atoms with Gasteiger partial charge in [0.25, 0.3) is 0 Å². The summed E-state index contributed by atoms with van der Waals surface area (Å²) in [7, 11) is 1.92. The maximum atomic E-state index is 8.21. The summed E-state index contributed by atoms with van der Waals surface area (Å²) >= 11 is 0. The zero-order chi connectivity index (χ0) is 14.8. The molecule has 3 rings (SSSR count). The van der Waals surface area contributed by atoms with Gasteiger partial charge < -0.3 is 13.9 Å². The van der Waals surface area contributed by atoms with E-state index in [2.05, 4.69) is 6.92 Å². The van der Waals surface area contributed by atoms with Gasteiger partial charge in [0.05, 0.1) is 17.6 Å². The number of ether oxygens (including phenoxy) is 1. The highest BCUT2D eigenvalue weighted by molar-refractivity contribution is 5.75. The Hall–Kier alpha value is -2.49. The number of para-hydroxylation sites is 2. The minimum absolute atomic E-state index is 0.490. The van der Waals surface area contributed by atoms with Crippen LogP contribution in [0.25, 0.3) is 11.0 Å². The van der Waals surface area contributed by atoms with Crippen molar-refractivity contribution in [1.29, 1.82) is 5.41 Å². The molecule has 0 unspecified atom stereocenters. The molecule has 0 bridgehead atoms. The Balaban J connectivity index is 1.78. The molecule has 0 aliphatic rings. The molecular formula is C17H19N3O. The lowest BCUT2D eigenvalue weighted by atomic mass is 10.2. The van der Waals surface area contributed by atoms with Gasteiger partial charge in [-0.3, -0.25) is 5.41 Å². The van der Waals surface area contributed by atoms with Crippen molar-refractivity contribution in [2.45, 2.75) is 13.5 Å². The van der Waals surface area contributed by atoms with Crippen LogP contribution in [0.15, 0.2) is 48.5 Å². The maximum absolute atomic E-state index is 8.21. The van der Waals surface area contributed by atoms with E-state index in [9.17, 15) is 0 Å². The Bertz CT molecular complexity index is 812. The van der Waals surface area contributed by atoms with Crippen LogP contribution in [0.3, 0.4) is 0 Å². The molecule has 0 aliphatic heterocycles. The largest absolute Gasteiger partial charge is 0.492 e. The Morgan fingerprint density at radius 1 is 1.00 bits per heavy atom. The number of aryl methyl sites for hydroxylation is 2. The Labute approximate surface area is 123 Å². The van der Waals surface area contributed by atoms with Crippen LogP contribution in [0.1, 0.15) is 5.56 Å². The van der Waals surface area contributed by atoms with E-state index in [4.69, 9.17) is 10.1 Å². The van der Waals surface area contributed by atoms with E-state index >= 15 is 0 Å². The van der Waals surface area contributed by atoms with Crippen molar-refractivity contribution in [1.82, 2.24) is 9.13 Å². The first kappa shape index (κ1) is 13.5. The van der Waals surface area contributed by atoms with Crippen LogP contribution in [-0.4, -0.2) is 15.7 Å². The zero-order valence-electron chi connectivity index (χ0n) is 12.3. The van der Waals surface area contributed by atoms with Crippen LogP contribution >= 0.6 is 0 Å². The molecule has 1 N–H and O–H groups in total. The summed E-state index contributed by atoms with van der Waals surface area (Å²) in [4.78, 5) is 0. The van der Waals surface area contributed by atoms with Crippen LogP contribution in [0.4, 0.5) is 0 Å². The van der Waals surface area contributed by atoms with Gasteiger partial charge in [-0.15, -0.1) is 0 Å². The molecule has 0 saturated heterocycles. The van der Waals surface area contributed by atoms with Crippen molar-refractivity contribution < 1.29 is 4.74 Å². The fraction of sp³-hybridized carbons (Fsp3) is 0.235. The molecule has 21 heavy (non-hydrogen) atoms. The first-order chi connectivity index (χ1) is 10.2. The quantitative estimate of drug-likeness (QED) is 0.785. The average molecular weight is 281 g/mol. The molecule has 0 spiro atoms. The van der Waals surface area contributed by atoms with E-state index in [1.165, 1.54) is 5.56 Å². The molecule has 4 nitrogen and oxygen atoms in total. The topological polar surface area (TPSA) is 42.9 Å². The van der Waals surface area contributed by atoms with Gasteiger partial charge in [0, 0.05) is 7.05 Å². The number of hydrogen-bond acceptors (Lipinski definition) is 2. The molecule has 0 fully saturated rings. The van der Waals surface area contributed by atoms with E-state index in [1.54, 1.807) is 0 Å². The molecular weight excluding hydrogens is 262 g/mol. The lowest BCUT2D eigenvalue weighted by Gasteiger charge is -2.08. The zero-order valence-corrected chi connectivity index (χ0v) is 12.3. The van der Waals surface area contributed by atoms with E-state index < -0.39 is 0 Å². The lowest BCUT2D eigenvalue weighted by Crippen LogP contribution is -2.24. The van der Waals surface area contributed by atoms with Crippen molar-refractivity contribution in [3.63, 3.8) is 0 Å². The SMILES string of the molecule is Cc1ccc(OCCn2c(=N)n(C)c3ccccc32)cc1. The Morgan fingerprint density at radius 3 is 2.38 bits per heavy atom. The molecule has 0 atom stereocenters. The molecule has 1 aromatic heterocycles. The standard InChI is InChI=1S/C17H19N3O/c1-13-7-9-14(10-8-13)21-12-11-20-16-6-4-3-5-15(16)19(2)17(20)18/h3-10,18H,11-12H2,1-2H3. The second-order valence-electron chi connectivity index (χ2n) is 5.18. The van der Waals surface area contributed by atoms with Crippen molar-refractivity contribution in [2.24, 2.45) is 7.05 Å². The molecule has 1 heterocycles. The van der Waals surface area contributed by atoms with E-state index in [1.807, 2.05) is 64.7 Å². The van der Waals surface area contributed by atoms with Gasteiger partial charge in [-0.2, -0.15) is 0 Å². The number of imidazole rings is 1. The first-order valence-corrected chi connectivity index (χ1v) is 7.05. The van der Waals surface area contributed by atoms with Crippen LogP contribution in [0.5, 0.6) is 5.75 Å². The fourth-order valence-corrected chi connectivity index (χ4v) is 2.50. The van der Waals surface area contributed by atoms with Gasteiger partial charge in [-0.1, -0.05) is 29.8 Å². The number of fused-ring (bicyclic) bond motifs is 1. The molecule has 2 aromatic carbocycles. The second kappa shape index (κ2) is 5.48. The van der Waals surface area contributed by atoms with Crippen LogP contribution < -0.4 is 10.4 Å². The van der Waals surface area contributed by atoms with Crippen molar-refractivity contribution in [3.8, 4) is 5.75 Å². The molecule has 0 amide bonds. The van der Waals surface area contributed by atoms with Crippen molar-refractivity contribution >= 4 is 11.0 Å². The molecule has 4 heteroatoms. The predicted octanol–water partition coefficient (Wildman–Crippen LogP) is 2.85. The van der Waals surface area contributed by atoms with Gasteiger partial charge >= 0.3 is 0 Å². The van der Waals surface area contributed by atoms with Gasteiger partial charge in [-0.25, -0.2) is 0 Å². The second-order valence-corrected chi connectivity index (χ2v) is 5.18. The average Bonchev–Trinajstić information content (AvgIpc) is 2.75. The van der Waals surface area contributed by atoms with E-state index in [0.717, 1.165) is 16.8 Å². The third-order valence-electron chi connectivity index (χ3n) is 3.71. The number of nitrogens with one attached hydrogen (secondary N) is 1. The number of aromatic nitrogens is 2. The minimum Gasteiger partial charge on any atom is -0.492 e. The highest BCUT2D eigenvalue weighted by Gasteiger charge is 2.07. The number of rotatable bonds is 4. The Kier molecular flexibility index (Phi) is 3.52. The number of benzene rings is 2. The van der Waals surface area contributed by atoms with Crippen LogP contribution in [0.2, 0.25) is 0 Å². The minimum atomic E-state index is 0.490. The predicted molar refractivity (Wildman–Crippen MR) is 83.4 cm³/mol. The summed E-state index contributed by atoms with van der Waals surface area (Å²) in [6, 6.07) is 16.1. The van der Waals surface area contributed by atoms with Crippen LogP contribution in [-0.2, 0) is 13.6 Å². The highest BCUT2D eigenvalue weighted by Crippen LogP contribution is 2.13. The normalized spacial score (nSPS) is 11.0. The summed E-state index contributed by atoms with van der Waals surface area (Å²) in [6.07, 6.45) is 0. The summed E-state index contributed by atoms with van der Waals surface area (Å²) in [5.41, 5.74) is 3.85. The lowest BCUT2D eigenvalue weighted by molar-refractivity contribution is 0.297. The summed E-state index contributed by atoms with van der Waals surface area (Å²) in [6.45, 7) is 3.27. The molecule has 0 saturated carbocycles. The maximum Gasteiger partial charge on any atom is 0.202 e.